The zero-order valence-corrected chi connectivity index (χ0v) is 28.9. The molecule has 0 aromatic rings. The quantitative estimate of drug-likeness (QED) is 0.254. The Morgan fingerprint density at radius 2 is 1.38 bits per heavy atom. The summed E-state index contributed by atoms with van der Waals surface area (Å²) < 4.78 is 19.0. The minimum atomic E-state index is -1.46. The van der Waals surface area contributed by atoms with Crippen molar-refractivity contribution < 1.29 is 44.8 Å². The van der Waals surface area contributed by atoms with Crippen molar-refractivity contribution in [1.82, 2.24) is 0 Å². The topological polar surface area (TPSA) is 149 Å². The van der Waals surface area contributed by atoms with Crippen LogP contribution in [0.5, 0.6) is 0 Å². The van der Waals surface area contributed by atoms with Crippen molar-refractivity contribution in [3.63, 3.8) is 0 Å². The third kappa shape index (κ3) is 4.87. The van der Waals surface area contributed by atoms with Crippen LogP contribution in [0.3, 0.4) is 0 Å². The van der Waals surface area contributed by atoms with Crippen LogP contribution in [0, 0.1) is 45.3 Å². The average molecular weight is 639 g/mol. The Bertz CT molecular complexity index is 1110. The second-order valence-electron chi connectivity index (χ2n) is 18.2. The standard InChI is InChI=1S/C36H62O9/c1-31(2)22-10-15-34(6)23(33(22,5)13-12-25(31)44-30-29(42)28(41)27(40)21(18-37)43-30)17-20(38)26-19(9-14-35(26,34)7)36(8)16-11-24(39)32(3,4)45-36/h19-30,37-42H,9-18H2,1-8H3/t19-,20+,21+,22-,23+,24-,25-,26-,27+,28-,29+,30-,33-,34+,35+,36+/m0/s1. The molecule has 0 amide bonds. The lowest BCUT2D eigenvalue weighted by Crippen LogP contribution is -2.67. The summed E-state index contributed by atoms with van der Waals surface area (Å²) in [6.45, 7) is 17.7. The summed E-state index contributed by atoms with van der Waals surface area (Å²) >= 11 is 0. The fourth-order valence-corrected chi connectivity index (χ4v) is 12.8. The Kier molecular flexibility index (Phi) is 8.49. The van der Waals surface area contributed by atoms with E-state index in [9.17, 15) is 30.6 Å². The average Bonchev–Trinajstić information content (AvgIpc) is 3.34. The molecule has 0 radical (unpaired) electrons. The molecular weight excluding hydrogens is 576 g/mol. The highest BCUT2D eigenvalue weighted by Gasteiger charge is 2.72. The van der Waals surface area contributed by atoms with Crippen molar-refractivity contribution in [3.8, 4) is 0 Å². The molecule has 9 nitrogen and oxygen atoms in total. The van der Waals surface area contributed by atoms with Gasteiger partial charge in [-0.05, 0) is 124 Å². The van der Waals surface area contributed by atoms with E-state index in [1.165, 1.54) is 0 Å². The molecule has 16 atom stereocenters. The third-order valence-electron chi connectivity index (χ3n) is 15.5. The summed E-state index contributed by atoms with van der Waals surface area (Å²) in [6.07, 6.45) is 0.657. The Balaban J connectivity index is 1.25. The van der Waals surface area contributed by atoms with Crippen molar-refractivity contribution in [3.05, 3.63) is 0 Å². The number of fused-ring (bicyclic) bond motifs is 5. The zero-order chi connectivity index (χ0) is 33.1. The largest absolute Gasteiger partial charge is 0.394 e. The van der Waals surface area contributed by atoms with Crippen molar-refractivity contribution in [2.24, 2.45) is 45.3 Å². The Morgan fingerprint density at radius 3 is 2.02 bits per heavy atom. The molecule has 6 N–H and O–H groups in total. The van der Waals surface area contributed by atoms with Gasteiger partial charge in [0.1, 0.15) is 24.4 Å². The number of aliphatic hydroxyl groups excluding tert-OH is 6. The molecule has 4 aliphatic carbocycles. The first-order chi connectivity index (χ1) is 20.8. The monoisotopic (exact) mass is 638 g/mol. The van der Waals surface area contributed by atoms with Crippen LogP contribution in [-0.4, -0.2) is 97.5 Å². The van der Waals surface area contributed by atoms with Crippen molar-refractivity contribution >= 4 is 0 Å². The number of ether oxygens (including phenoxy) is 3. The van der Waals surface area contributed by atoms with E-state index in [0.717, 1.165) is 57.8 Å². The fourth-order valence-electron chi connectivity index (χ4n) is 12.8. The molecular formula is C36H62O9. The zero-order valence-electron chi connectivity index (χ0n) is 28.9. The number of aliphatic hydroxyl groups is 6. The predicted octanol–water partition coefficient (Wildman–Crippen LogP) is 3.54. The van der Waals surface area contributed by atoms with Gasteiger partial charge in [0.2, 0.25) is 0 Å². The molecule has 6 rings (SSSR count). The summed E-state index contributed by atoms with van der Waals surface area (Å²) in [4.78, 5) is 0. The smallest absolute Gasteiger partial charge is 0.186 e. The van der Waals surface area contributed by atoms with Crippen molar-refractivity contribution in [2.45, 2.75) is 173 Å². The Labute approximate surface area is 270 Å². The molecule has 0 bridgehead atoms. The molecule has 0 unspecified atom stereocenters. The van der Waals surface area contributed by atoms with Crippen LogP contribution in [0.25, 0.3) is 0 Å². The second kappa shape index (κ2) is 11.1. The lowest BCUT2D eigenvalue weighted by Gasteiger charge is -2.71. The molecule has 0 aromatic carbocycles. The van der Waals surface area contributed by atoms with Gasteiger partial charge < -0.3 is 44.8 Å². The molecule has 9 heteroatoms. The van der Waals surface area contributed by atoms with Crippen LogP contribution in [-0.2, 0) is 14.2 Å². The van der Waals surface area contributed by atoms with Gasteiger partial charge in [-0.1, -0.05) is 34.6 Å². The molecule has 2 saturated heterocycles. The van der Waals surface area contributed by atoms with Gasteiger partial charge in [-0.2, -0.15) is 0 Å². The normalized spacial score (nSPS) is 57.5. The molecule has 0 aromatic heterocycles. The SMILES string of the molecule is CC1(C)O[C@@](C)([C@H]2CC[C@]3(C)[C@@H]2[C@H](O)C[C@@H]2[C@@]4(C)CC[C@H](O[C@@H]5O[C@H](CO)[C@@H](O)[C@H](O)[C@H]5O)C(C)(C)[C@@H]4CC[C@]23C)CC[C@@H]1O. The maximum absolute atomic E-state index is 12.2. The van der Waals surface area contributed by atoms with E-state index in [4.69, 9.17) is 14.2 Å². The van der Waals surface area contributed by atoms with Crippen LogP contribution in [0.1, 0.15) is 113 Å². The minimum absolute atomic E-state index is 0.0177. The van der Waals surface area contributed by atoms with Gasteiger partial charge in [-0.25, -0.2) is 0 Å². The second-order valence-corrected chi connectivity index (χ2v) is 18.2. The highest BCUT2D eigenvalue weighted by molar-refractivity contribution is 5.20. The minimum Gasteiger partial charge on any atom is -0.394 e. The molecule has 2 heterocycles. The number of hydrogen-bond acceptors (Lipinski definition) is 9. The molecule has 6 fully saturated rings. The van der Waals surface area contributed by atoms with Crippen molar-refractivity contribution in [2.75, 3.05) is 6.61 Å². The van der Waals surface area contributed by atoms with Gasteiger partial charge >= 0.3 is 0 Å². The van der Waals surface area contributed by atoms with Crippen molar-refractivity contribution in [1.29, 1.82) is 0 Å². The molecule has 6 aliphatic rings. The van der Waals surface area contributed by atoms with E-state index in [2.05, 4.69) is 41.5 Å². The summed E-state index contributed by atoms with van der Waals surface area (Å²) in [5.74, 6) is 1.04. The highest BCUT2D eigenvalue weighted by Crippen LogP contribution is 2.76. The first-order valence-electron chi connectivity index (χ1n) is 17.8. The van der Waals surface area contributed by atoms with Gasteiger partial charge in [0.15, 0.2) is 6.29 Å². The lowest BCUT2D eigenvalue weighted by atomic mass is 9.35. The molecule has 4 saturated carbocycles. The highest BCUT2D eigenvalue weighted by atomic mass is 16.7. The first kappa shape index (κ1) is 34.5. The van der Waals surface area contributed by atoms with Gasteiger partial charge in [-0.15, -0.1) is 0 Å². The van der Waals surface area contributed by atoms with Crippen LogP contribution in [0.2, 0.25) is 0 Å². The van der Waals surface area contributed by atoms with Crippen LogP contribution >= 0.6 is 0 Å². The van der Waals surface area contributed by atoms with E-state index in [1.54, 1.807) is 0 Å². The maximum atomic E-state index is 12.2. The number of hydrogen-bond donors (Lipinski definition) is 6. The summed E-state index contributed by atoms with van der Waals surface area (Å²) in [5, 5.41) is 63.9. The Morgan fingerprint density at radius 1 is 0.711 bits per heavy atom. The van der Waals surface area contributed by atoms with Gasteiger partial charge in [0, 0.05) is 0 Å². The van der Waals surface area contributed by atoms with Gasteiger partial charge in [0.05, 0.1) is 36.1 Å². The molecule has 0 spiro atoms. The van der Waals surface area contributed by atoms with E-state index >= 15 is 0 Å². The van der Waals surface area contributed by atoms with Gasteiger partial charge in [-0.3, -0.25) is 0 Å². The first-order valence-corrected chi connectivity index (χ1v) is 17.8. The summed E-state index contributed by atoms with van der Waals surface area (Å²) in [7, 11) is 0. The number of rotatable bonds is 4. The van der Waals surface area contributed by atoms with Crippen LogP contribution in [0.4, 0.5) is 0 Å². The maximum Gasteiger partial charge on any atom is 0.186 e. The van der Waals surface area contributed by atoms with Crippen LogP contribution in [0.15, 0.2) is 0 Å². The summed E-state index contributed by atoms with van der Waals surface area (Å²) in [6, 6.07) is 0. The van der Waals surface area contributed by atoms with E-state index < -0.39 is 55.1 Å². The van der Waals surface area contributed by atoms with E-state index in [-0.39, 0.29) is 45.2 Å². The molecule has 2 aliphatic heterocycles. The lowest BCUT2D eigenvalue weighted by molar-refractivity contribution is -0.332. The predicted molar refractivity (Wildman–Crippen MR) is 168 cm³/mol. The fraction of sp³-hybridized carbons (Fsp3) is 1.00. The third-order valence-corrected chi connectivity index (χ3v) is 15.5. The van der Waals surface area contributed by atoms with Crippen LogP contribution < -0.4 is 0 Å². The molecule has 260 valence electrons. The van der Waals surface area contributed by atoms with Gasteiger partial charge in [0.25, 0.3) is 0 Å². The van der Waals surface area contributed by atoms with E-state index in [1.807, 2.05) is 13.8 Å². The van der Waals surface area contributed by atoms with E-state index in [0.29, 0.717) is 11.8 Å². The Hall–Kier alpha value is -0.360. The summed E-state index contributed by atoms with van der Waals surface area (Å²) in [5.41, 5.74) is -1.25. The molecule has 45 heavy (non-hydrogen) atoms.